The predicted molar refractivity (Wildman–Crippen MR) is 121 cm³/mol. The summed E-state index contributed by atoms with van der Waals surface area (Å²) in [6.45, 7) is 3.87. The lowest BCUT2D eigenvalue weighted by Gasteiger charge is -2.35. The first-order chi connectivity index (χ1) is 16.1. The second kappa shape index (κ2) is 9.73. The molecule has 1 saturated carbocycles. The van der Waals surface area contributed by atoms with Gasteiger partial charge >= 0.3 is 11.9 Å². The highest BCUT2D eigenvalue weighted by Crippen LogP contribution is 2.45. The number of carbonyl (C=O) groups excluding carboxylic acids is 2. The number of rotatable bonds is 5. The van der Waals surface area contributed by atoms with Crippen LogP contribution in [0.2, 0.25) is 5.02 Å². The van der Waals surface area contributed by atoms with Gasteiger partial charge in [0.25, 0.3) is 5.88 Å². The molecule has 1 aromatic heterocycles. The minimum absolute atomic E-state index is 0.00654. The maximum Gasteiger partial charge on any atom is 0.336 e. The molecule has 0 spiro atoms. The summed E-state index contributed by atoms with van der Waals surface area (Å²) >= 11 is 6.36. The smallest absolute Gasteiger partial charge is 0.336 e. The Hall–Kier alpha value is -2.58. The Morgan fingerprint density at radius 2 is 1.73 bits per heavy atom. The van der Waals surface area contributed by atoms with Crippen LogP contribution in [0.1, 0.15) is 44.9 Å². The van der Waals surface area contributed by atoms with Crippen LogP contribution in [0.3, 0.4) is 0 Å². The fourth-order valence-electron chi connectivity index (χ4n) is 4.95. The van der Waals surface area contributed by atoms with E-state index in [1.165, 1.54) is 44.7 Å². The fourth-order valence-corrected chi connectivity index (χ4v) is 5.17. The molecule has 2 bridgehead atoms. The summed E-state index contributed by atoms with van der Waals surface area (Å²) in [7, 11) is 0. The van der Waals surface area contributed by atoms with E-state index < -0.39 is 11.9 Å². The van der Waals surface area contributed by atoms with Crippen LogP contribution in [-0.2, 0) is 9.59 Å². The molecule has 3 aliphatic rings. The topological polar surface area (TPSA) is 91.1 Å². The van der Waals surface area contributed by atoms with Gasteiger partial charge in [0, 0.05) is 24.8 Å². The normalized spacial score (nSPS) is 21.7. The summed E-state index contributed by atoms with van der Waals surface area (Å²) in [5.41, 5.74) is 0.254. The monoisotopic (exact) mass is 474 g/mol. The molecule has 0 unspecified atom stereocenters. The number of likely N-dealkylation sites (tertiary alicyclic amines) is 1. The number of benzene rings is 1. The van der Waals surface area contributed by atoms with Gasteiger partial charge in [0.15, 0.2) is 17.1 Å². The third-order valence-corrected chi connectivity index (χ3v) is 7.12. The summed E-state index contributed by atoms with van der Waals surface area (Å²) in [6, 6.07) is 1.44. The summed E-state index contributed by atoms with van der Waals surface area (Å²) in [5.74, 6) is 0.00247. The van der Waals surface area contributed by atoms with E-state index in [0.717, 1.165) is 44.0 Å². The predicted octanol–water partition coefficient (Wildman–Crippen LogP) is 4.53. The van der Waals surface area contributed by atoms with Crippen molar-refractivity contribution < 1.29 is 28.3 Å². The van der Waals surface area contributed by atoms with Gasteiger partial charge in [-0.2, -0.15) is 0 Å². The first-order valence-corrected chi connectivity index (χ1v) is 12.0. The van der Waals surface area contributed by atoms with Gasteiger partial charge in [-0.1, -0.05) is 30.9 Å². The van der Waals surface area contributed by atoms with Gasteiger partial charge in [0.2, 0.25) is 0 Å². The molecule has 3 heterocycles. The van der Waals surface area contributed by atoms with Crippen molar-refractivity contribution in [1.82, 2.24) is 10.1 Å². The SMILES string of the molecule is O=C1/C=C/C(=O)Oc2c(Cl)c(cc3onc(OCC4CCN(CC5CCCCC5)CC4)c23)O1. The molecule has 9 heteroatoms. The molecule has 176 valence electrons. The Balaban J connectivity index is 1.25. The average molecular weight is 475 g/mol. The quantitative estimate of drug-likeness (QED) is 0.461. The Bertz CT molecular complexity index is 1070. The molecule has 33 heavy (non-hydrogen) atoms. The third-order valence-electron chi connectivity index (χ3n) is 6.76. The zero-order chi connectivity index (χ0) is 22.8. The van der Waals surface area contributed by atoms with Gasteiger partial charge in [0.05, 0.1) is 6.61 Å². The molecule has 8 nitrogen and oxygen atoms in total. The number of nitrogens with zero attached hydrogens (tertiary/aromatic N) is 2. The number of hydrogen-bond acceptors (Lipinski definition) is 8. The summed E-state index contributed by atoms with van der Waals surface area (Å²) in [6.07, 6.45) is 11.0. The van der Waals surface area contributed by atoms with E-state index in [1.54, 1.807) is 0 Å². The van der Waals surface area contributed by atoms with Crippen molar-refractivity contribution in [2.75, 3.05) is 26.2 Å². The van der Waals surface area contributed by atoms with Crippen molar-refractivity contribution >= 4 is 34.5 Å². The molecule has 2 aromatic rings. The maximum atomic E-state index is 12.1. The number of aromatic nitrogens is 1. The second-order valence-electron chi connectivity index (χ2n) is 9.11. The summed E-state index contributed by atoms with van der Waals surface area (Å²) < 4.78 is 21.9. The van der Waals surface area contributed by atoms with E-state index in [-0.39, 0.29) is 28.0 Å². The largest absolute Gasteiger partial charge is 0.475 e. The molecule has 1 saturated heterocycles. The molecule has 1 aliphatic carbocycles. The van der Waals surface area contributed by atoms with Crippen LogP contribution in [0.5, 0.6) is 17.4 Å². The molecular formula is C24H27ClN2O6. The van der Waals surface area contributed by atoms with Crippen molar-refractivity contribution in [2.24, 2.45) is 11.8 Å². The van der Waals surface area contributed by atoms with Gasteiger partial charge in [-0.05, 0) is 55.8 Å². The van der Waals surface area contributed by atoms with Crippen molar-refractivity contribution in [2.45, 2.75) is 44.9 Å². The highest BCUT2D eigenvalue weighted by molar-refractivity contribution is 6.35. The number of hydrogen-bond donors (Lipinski definition) is 0. The minimum Gasteiger partial charge on any atom is -0.475 e. The van der Waals surface area contributed by atoms with Crippen LogP contribution < -0.4 is 14.2 Å². The zero-order valence-corrected chi connectivity index (χ0v) is 19.1. The Labute approximate surface area is 196 Å². The first-order valence-electron chi connectivity index (χ1n) is 11.7. The summed E-state index contributed by atoms with van der Waals surface area (Å²) in [5, 5.41) is 4.33. The molecule has 0 atom stereocenters. The maximum absolute atomic E-state index is 12.1. The van der Waals surface area contributed by atoms with E-state index in [2.05, 4.69) is 10.1 Å². The standard InChI is InChI=1S/C24H27ClN2O6/c25-22-18-12-17-21(23(22)32-20(29)7-6-19(28)31-18)24(26-33-17)30-14-16-8-10-27(11-9-16)13-15-4-2-1-3-5-15/h6-7,12,15-16H,1-5,8-11,13-14H2/b7-6+. The lowest BCUT2D eigenvalue weighted by atomic mass is 9.88. The van der Waals surface area contributed by atoms with Crippen molar-refractivity contribution in [3.05, 3.63) is 23.2 Å². The van der Waals surface area contributed by atoms with E-state index in [9.17, 15) is 9.59 Å². The number of ether oxygens (including phenoxy) is 3. The molecule has 5 rings (SSSR count). The summed E-state index contributed by atoms with van der Waals surface area (Å²) in [4.78, 5) is 26.5. The Morgan fingerprint density at radius 1 is 1.00 bits per heavy atom. The fraction of sp³-hybridized carbons (Fsp3) is 0.542. The van der Waals surface area contributed by atoms with Gasteiger partial charge in [-0.3, -0.25) is 0 Å². The molecular weight excluding hydrogens is 448 g/mol. The molecule has 1 aromatic carbocycles. The van der Waals surface area contributed by atoms with Gasteiger partial charge in [0.1, 0.15) is 10.4 Å². The minimum atomic E-state index is -0.758. The lowest BCUT2D eigenvalue weighted by molar-refractivity contribution is -0.131. The van der Waals surface area contributed by atoms with Crippen LogP contribution in [0.25, 0.3) is 11.0 Å². The highest BCUT2D eigenvalue weighted by atomic mass is 35.5. The van der Waals surface area contributed by atoms with E-state index in [4.69, 9.17) is 30.3 Å². The van der Waals surface area contributed by atoms with Crippen molar-refractivity contribution in [3.8, 4) is 17.4 Å². The van der Waals surface area contributed by atoms with Crippen molar-refractivity contribution in [1.29, 1.82) is 0 Å². The van der Waals surface area contributed by atoms with Crippen LogP contribution in [0.15, 0.2) is 22.7 Å². The molecule has 0 amide bonds. The molecule has 0 N–H and O–H groups in total. The third kappa shape index (κ3) is 5.01. The van der Waals surface area contributed by atoms with Crippen molar-refractivity contribution in [3.63, 3.8) is 0 Å². The second-order valence-corrected chi connectivity index (χ2v) is 9.49. The van der Waals surface area contributed by atoms with Crippen LogP contribution in [0.4, 0.5) is 0 Å². The van der Waals surface area contributed by atoms with Crippen LogP contribution in [-0.4, -0.2) is 48.2 Å². The Morgan fingerprint density at radius 3 is 2.48 bits per heavy atom. The van der Waals surface area contributed by atoms with Crippen LogP contribution in [0, 0.1) is 11.8 Å². The molecule has 2 aliphatic heterocycles. The highest BCUT2D eigenvalue weighted by Gasteiger charge is 2.28. The van der Waals surface area contributed by atoms with Crippen LogP contribution >= 0.6 is 11.6 Å². The Kier molecular flexibility index (Phi) is 6.55. The number of esters is 2. The lowest BCUT2D eigenvalue weighted by Crippen LogP contribution is -2.38. The number of fused-ring (bicyclic) bond motifs is 4. The molecule has 2 fully saturated rings. The average Bonchev–Trinajstić information content (AvgIpc) is 3.23. The van der Waals surface area contributed by atoms with E-state index >= 15 is 0 Å². The zero-order valence-electron chi connectivity index (χ0n) is 18.4. The van der Waals surface area contributed by atoms with Gasteiger partial charge in [-0.25, -0.2) is 9.59 Å². The van der Waals surface area contributed by atoms with Gasteiger partial charge in [-0.15, -0.1) is 0 Å². The van der Waals surface area contributed by atoms with E-state index in [0.29, 0.717) is 17.9 Å². The first kappa shape index (κ1) is 22.2. The number of halogens is 1. The molecule has 0 radical (unpaired) electrons. The van der Waals surface area contributed by atoms with E-state index in [1.807, 2.05) is 0 Å². The number of piperidine rings is 1. The number of carbonyl (C=O) groups is 2. The van der Waals surface area contributed by atoms with Gasteiger partial charge < -0.3 is 23.6 Å².